The van der Waals surface area contributed by atoms with Crippen LogP contribution in [0.4, 0.5) is 4.79 Å². The highest BCUT2D eigenvalue weighted by Crippen LogP contribution is 2.38. The van der Waals surface area contributed by atoms with Gasteiger partial charge in [0.15, 0.2) is 6.23 Å². The van der Waals surface area contributed by atoms with E-state index < -0.39 is 24.5 Å². The van der Waals surface area contributed by atoms with Gasteiger partial charge in [0.2, 0.25) is 5.91 Å². The third kappa shape index (κ3) is 5.99. The Bertz CT molecular complexity index is 675. The Hall–Kier alpha value is -2.09. The maximum Gasteiger partial charge on any atom is 0.507 e. The number of likely N-dealkylation sites (tertiary alicyclic amines) is 1. The van der Waals surface area contributed by atoms with Crippen molar-refractivity contribution >= 4 is 18.0 Å². The maximum absolute atomic E-state index is 13.3. The number of nitrogens with zero attached hydrogens (tertiary/aromatic N) is 1. The SMILES string of the molecule is CCOC(=O)[C@H](CCC1CCCCC1)N[C@@H](C)C(=O)N1[C@@H]2C=CC[C@H]2C[C@H]1OC(=O)O. The fourth-order valence-electron chi connectivity index (χ4n) is 5.31. The zero-order valence-corrected chi connectivity index (χ0v) is 18.6. The standard InChI is InChI=1S/C23H36N2O6/c1-3-30-22(27)18(13-12-16-8-5-4-6-9-16)24-15(2)21(26)25-19-11-7-10-17(19)14-20(25)31-23(28)29/h7,11,15-20,24H,3-6,8-10,12-14H2,1-2H3,(H,28,29)/t15-,17-,18-,19+,20+/m0/s1. The molecule has 2 fully saturated rings. The summed E-state index contributed by atoms with van der Waals surface area (Å²) < 4.78 is 10.3. The van der Waals surface area contributed by atoms with Gasteiger partial charge in [-0.2, -0.15) is 0 Å². The van der Waals surface area contributed by atoms with Crippen LogP contribution in [0.2, 0.25) is 0 Å². The topological polar surface area (TPSA) is 105 Å². The summed E-state index contributed by atoms with van der Waals surface area (Å²) in [6, 6.07) is -1.38. The number of amides is 1. The number of hydrogen-bond acceptors (Lipinski definition) is 6. The molecular formula is C23H36N2O6. The highest BCUT2D eigenvalue weighted by Gasteiger charge is 2.47. The molecule has 2 aliphatic carbocycles. The van der Waals surface area contributed by atoms with Crippen LogP contribution in [-0.2, 0) is 19.1 Å². The molecule has 5 atom stereocenters. The molecule has 31 heavy (non-hydrogen) atoms. The van der Waals surface area contributed by atoms with Gasteiger partial charge < -0.3 is 14.6 Å². The van der Waals surface area contributed by atoms with Crippen LogP contribution in [0.1, 0.15) is 71.6 Å². The number of hydrogen-bond donors (Lipinski definition) is 2. The van der Waals surface area contributed by atoms with E-state index in [-0.39, 0.29) is 30.4 Å². The minimum Gasteiger partial charge on any atom is -0.465 e. The number of fused-ring (bicyclic) bond motifs is 1. The second-order valence-corrected chi connectivity index (χ2v) is 9.01. The molecule has 1 aliphatic heterocycles. The fourth-order valence-corrected chi connectivity index (χ4v) is 5.31. The minimum absolute atomic E-state index is 0.163. The highest BCUT2D eigenvalue weighted by molar-refractivity contribution is 5.84. The number of esters is 1. The molecule has 1 saturated heterocycles. The lowest BCUT2D eigenvalue weighted by Crippen LogP contribution is -2.54. The molecule has 8 nitrogen and oxygen atoms in total. The summed E-state index contributed by atoms with van der Waals surface area (Å²) in [5, 5.41) is 12.3. The maximum atomic E-state index is 13.3. The van der Waals surface area contributed by atoms with Gasteiger partial charge in [-0.25, -0.2) is 4.79 Å². The Labute approximate surface area is 184 Å². The molecule has 0 bridgehead atoms. The summed E-state index contributed by atoms with van der Waals surface area (Å²) >= 11 is 0. The number of carboxylic acid groups (broad SMARTS) is 1. The van der Waals surface area contributed by atoms with Crippen LogP contribution in [-0.4, -0.2) is 59.0 Å². The smallest absolute Gasteiger partial charge is 0.465 e. The molecule has 0 spiro atoms. The summed E-state index contributed by atoms with van der Waals surface area (Å²) in [4.78, 5) is 38.5. The zero-order valence-electron chi connectivity index (χ0n) is 18.6. The average Bonchev–Trinajstić information content (AvgIpc) is 3.31. The van der Waals surface area contributed by atoms with Crippen molar-refractivity contribution in [3.05, 3.63) is 12.2 Å². The second kappa shape index (κ2) is 11.0. The highest BCUT2D eigenvalue weighted by atomic mass is 16.7. The van der Waals surface area contributed by atoms with Crippen molar-refractivity contribution in [3.8, 4) is 0 Å². The normalized spacial score (nSPS) is 27.5. The molecule has 0 unspecified atom stereocenters. The molecule has 3 aliphatic rings. The van der Waals surface area contributed by atoms with Crippen molar-refractivity contribution in [2.45, 2.75) is 96.0 Å². The van der Waals surface area contributed by atoms with Crippen molar-refractivity contribution < 1.29 is 29.0 Å². The molecular weight excluding hydrogens is 400 g/mol. The number of nitrogens with one attached hydrogen (secondary N) is 1. The van der Waals surface area contributed by atoms with E-state index in [1.807, 2.05) is 12.2 Å². The van der Waals surface area contributed by atoms with Gasteiger partial charge >= 0.3 is 12.1 Å². The second-order valence-electron chi connectivity index (χ2n) is 9.01. The van der Waals surface area contributed by atoms with Crippen molar-refractivity contribution in [1.82, 2.24) is 10.2 Å². The first kappa shape index (κ1) is 23.6. The van der Waals surface area contributed by atoms with E-state index >= 15 is 0 Å². The minimum atomic E-state index is -1.38. The van der Waals surface area contributed by atoms with Gasteiger partial charge in [0.05, 0.1) is 18.7 Å². The Morgan fingerprint density at radius 2 is 1.97 bits per heavy atom. The number of rotatable bonds is 9. The van der Waals surface area contributed by atoms with Crippen molar-refractivity contribution in [3.63, 3.8) is 0 Å². The Balaban J connectivity index is 1.64. The van der Waals surface area contributed by atoms with Crippen LogP contribution < -0.4 is 5.32 Å². The summed E-state index contributed by atoms with van der Waals surface area (Å²) in [7, 11) is 0. The third-order valence-electron chi connectivity index (χ3n) is 6.86. The molecule has 8 heteroatoms. The van der Waals surface area contributed by atoms with E-state index in [1.165, 1.54) is 37.0 Å². The Kier molecular flexibility index (Phi) is 8.35. The van der Waals surface area contributed by atoms with Gasteiger partial charge in [-0.1, -0.05) is 44.3 Å². The first-order chi connectivity index (χ1) is 14.9. The van der Waals surface area contributed by atoms with E-state index in [1.54, 1.807) is 13.8 Å². The quantitative estimate of drug-likeness (QED) is 0.421. The largest absolute Gasteiger partial charge is 0.507 e. The van der Waals surface area contributed by atoms with Gasteiger partial charge in [-0.3, -0.25) is 19.8 Å². The van der Waals surface area contributed by atoms with Crippen LogP contribution in [0.25, 0.3) is 0 Å². The average molecular weight is 437 g/mol. The Morgan fingerprint density at radius 3 is 2.65 bits per heavy atom. The molecule has 1 saturated carbocycles. The monoisotopic (exact) mass is 436 g/mol. The predicted molar refractivity (Wildman–Crippen MR) is 114 cm³/mol. The van der Waals surface area contributed by atoms with Gasteiger partial charge in [0.1, 0.15) is 6.04 Å². The molecule has 0 aromatic rings. The summed E-state index contributed by atoms with van der Waals surface area (Å²) in [6.45, 7) is 3.78. The molecule has 0 aromatic heterocycles. The molecule has 0 aromatic carbocycles. The Morgan fingerprint density at radius 1 is 1.23 bits per heavy atom. The number of carbonyl (C=O) groups is 3. The third-order valence-corrected chi connectivity index (χ3v) is 6.86. The van der Waals surface area contributed by atoms with Crippen LogP contribution in [0, 0.1) is 11.8 Å². The van der Waals surface area contributed by atoms with E-state index in [0.29, 0.717) is 18.8 Å². The van der Waals surface area contributed by atoms with Gasteiger partial charge in [0.25, 0.3) is 0 Å². The lowest BCUT2D eigenvalue weighted by atomic mass is 9.85. The lowest BCUT2D eigenvalue weighted by molar-refractivity contribution is -0.147. The van der Waals surface area contributed by atoms with E-state index in [9.17, 15) is 14.4 Å². The molecule has 3 rings (SSSR count). The number of allylic oxidation sites excluding steroid dienone is 1. The molecule has 174 valence electrons. The summed E-state index contributed by atoms with van der Waals surface area (Å²) in [6.07, 6.45) is 10.8. The molecule has 0 radical (unpaired) electrons. The first-order valence-corrected chi connectivity index (χ1v) is 11.7. The number of carbonyl (C=O) groups excluding carboxylic acids is 2. The van der Waals surface area contributed by atoms with Crippen LogP contribution in [0.5, 0.6) is 0 Å². The predicted octanol–water partition coefficient (Wildman–Crippen LogP) is 3.45. The van der Waals surface area contributed by atoms with Crippen molar-refractivity contribution in [2.75, 3.05) is 6.61 Å². The number of ether oxygens (including phenoxy) is 2. The molecule has 1 amide bonds. The summed E-state index contributed by atoms with van der Waals surface area (Å²) in [5.74, 6) is 0.205. The van der Waals surface area contributed by atoms with Crippen LogP contribution >= 0.6 is 0 Å². The molecule has 2 N–H and O–H groups in total. The van der Waals surface area contributed by atoms with Crippen LogP contribution in [0.15, 0.2) is 12.2 Å². The lowest BCUT2D eigenvalue weighted by Gasteiger charge is -2.32. The van der Waals surface area contributed by atoms with Crippen molar-refractivity contribution in [1.29, 1.82) is 0 Å². The zero-order chi connectivity index (χ0) is 22.4. The first-order valence-electron chi connectivity index (χ1n) is 11.7. The summed E-state index contributed by atoms with van der Waals surface area (Å²) in [5.41, 5.74) is 0. The fraction of sp³-hybridized carbons (Fsp3) is 0.783. The van der Waals surface area contributed by atoms with Gasteiger partial charge in [-0.05, 0) is 44.9 Å². The molecule has 1 heterocycles. The van der Waals surface area contributed by atoms with Crippen LogP contribution in [0.3, 0.4) is 0 Å². The van der Waals surface area contributed by atoms with E-state index in [2.05, 4.69) is 5.32 Å². The van der Waals surface area contributed by atoms with E-state index in [4.69, 9.17) is 14.6 Å². The van der Waals surface area contributed by atoms with E-state index in [0.717, 1.165) is 12.8 Å². The van der Waals surface area contributed by atoms with Gasteiger partial charge in [-0.15, -0.1) is 0 Å². The van der Waals surface area contributed by atoms with Gasteiger partial charge in [0, 0.05) is 6.42 Å². The van der Waals surface area contributed by atoms with Crippen molar-refractivity contribution in [2.24, 2.45) is 11.8 Å².